The summed E-state index contributed by atoms with van der Waals surface area (Å²) in [6, 6.07) is 67.0. The van der Waals surface area contributed by atoms with Gasteiger partial charge in [0.2, 0.25) is 0 Å². The van der Waals surface area contributed by atoms with Crippen molar-refractivity contribution >= 4 is 22.3 Å². The lowest BCUT2D eigenvalue weighted by Crippen LogP contribution is -2.13. The molecule has 1 aliphatic carbocycles. The van der Waals surface area contributed by atoms with Crippen LogP contribution in [0.3, 0.4) is 0 Å². The summed E-state index contributed by atoms with van der Waals surface area (Å²) in [5.41, 5.74) is 23.3. The maximum absolute atomic E-state index is 6.79. The van der Waals surface area contributed by atoms with Crippen LogP contribution in [0.25, 0.3) is 61.0 Å². The van der Waals surface area contributed by atoms with Crippen LogP contribution >= 0.6 is 0 Å². The van der Waals surface area contributed by atoms with Gasteiger partial charge in [0.15, 0.2) is 0 Å². The van der Waals surface area contributed by atoms with E-state index >= 15 is 0 Å². The zero-order chi connectivity index (χ0) is 35.6. The van der Waals surface area contributed by atoms with Crippen molar-refractivity contribution in [3.63, 3.8) is 0 Å². The maximum atomic E-state index is 6.79. The molecule has 0 atom stereocenters. The maximum Gasteiger partial charge on any atom is 0.131 e. The van der Waals surface area contributed by atoms with Crippen LogP contribution < -0.4 is 5.73 Å². The molecule has 0 spiro atoms. The van der Waals surface area contributed by atoms with Gasteiger partial charge in [-0.2, -0.15) is 0 Å². The average Bonchev–Trinajstić information content (AvgIpc) is 3.55. The molecule has 0 amide bonds. The van der Waals surface area contributed by atoms with Crippen molar-refractivity contribution in [2.24, 2.45) is 10.7 Å². The van der Waals surface area contributed by atoms with Crippen LogP contribution in [0, 0.1) is 0 Å². The summed E-state index contributed by atoms with van der Waals surface area (Å²) in [5, 5.41) is 2.63. The summed E-state index contributed by atoms with van der Waals surface area (Å²) in [7, 11) is 0. The molecule has 0 saturated heterocycles. The first-order valence-corrected chi connectivity index (χ1v) is 18.3. The lowest BCUT2D eigenvalue weighted by atomic mass is 9.92. The van der Waals surface area contributed by atoms with Gasteiger partial charge in [0, 0.05) is 11.1 Å². The van der Waals surface area contributed by atoms with Crippen molar-refractivity contribution in [3.05, 3.63) is 222 Å². The highest BCUT2D eigenvalue weighted by Crippen LogP contribution is 2.49. The second-order valence-electron chi connectivity index (χ2n) is 13.7. The zero-order valence-corrected chi connectivity index (χ0v) is 29.4. The summed E-state index contributed by atoms with van der Waals surface area (Å²) in [4.78, 5) is 5.13. The molecule has 8 aromatic rings. The number of nitrogens with zero attached hydrogens (tertiary/aromatic N) is 1. The Labute approximate surface area is 311 Å². The fraction of sp³-hybridized carbons (Fsp3) is 0.0392. The van der Waals surface area contributed by atoms with Crippen LogP contribution in [0.1, 0.15) is 27.8 Å². The van der Waals surface area contributed by atoms with Crippen molar-refractivity contribution in [1.82, 2.24) is 0 Å². The fourth-order valence-corrected chi connectivity index (χ4v) is 7.71. The number of benzene rings is 8. The number of nitrogens with two attached hydrogens (primary N) is 1. The summed E-state index contributed by atoms with van der Waals surface area (Å²) >= 11 is 0. The van der Waals surface area contributed by atoms with Crippen LogP contribution in [-0.2, 0) is 12.8 Å². The monoisotopic (exact) mass is 678 g/mol. The molecule has 0 unspecified atom stereocenters. The summed E-state index contributed by atoms with van der Waals surface area (Å²) < 4.78 is 0. The predicted octanol–water partition coefficient (Wildman–Crippen LogP) is 12.4. The van der Waals surface area contributed by atoms with E-state index < -0.39 is 0 Å². The number of amidine groups is 1. The summed E-state index contributed by atoms with van der Waals surface area (Å²) in [5.74, 6) is 0.495. The Kier molecular flexibility index (Phi) is 8.55. The van der Waals surface area contributed by atoms with E-state index in [2.05, 4.69) is 188 Å². The van der Waals surface area contributed by atoms with Crippen molar-refractivity contribution < 1.29 is 0 Å². The Bertz CT molecular complexity index is 2600. The highest BCUT2D eigenvalue weighted by Gasteiger charge is 2.22. The van der Waals surface area contributed by atoms with E-state index in [0.29, 0.717) is 5.84 Å². The van der Waals surface area contributed by atoms with E-state index in [0.717, 1.165) is 40.8 Å². The van der Waals surface area contributed by atoms with Crippen LogP contribution in [0.15, 0.2) is 199 Å². The first-order valence-electron chi connectivity index (χ1n) is 18.3. The number of hydrogen-bond acceptors (Lipinski definition) is 1. The molecule has 0 heterocycles. The van der Waals surface area contributed by atoms with Gasteiger partial charge in [0.05, 0.1) is 5.70 Å². The van der Waals surface area contributed by atoms with Crippen molar-refractivity contribution in [2.45, 2.75) is 12.8 Å². The lowest BCUT2D eigenvalue weighted by molar-refractivity contribution is 1.19. The second kappa shape index (κ2) is 14.1. The molecule has 0 aliphatic heterocycles. The molecule has 9 rings (SSSR count). The first kappa shape index (κ1) is 32.2. The SMILES string of the molecule is NC(=N/C(=C\Cc1ccccc1)c1ccccc1-c1ccc(-c2ccc3c4c(cccc24)-c2ccccc2-3)cc1)c1ccc(Cc2ccccc2)cc1. The second-order valence-corrected chi connectivity index (χ2v) is 13.7. The van der Waals surface area contributed by atoms with Crippen LogP contribution in [0.4, 0.5) is 0 Å². The molecule has 0 fully saturated rings. The fourth-order valence-electron chi connectivity index (χ4n) is 7.71. The molecule has 252 valence electrons. The highest BCUT2D eigenvalue weighted by atomic mass is 14.9. The molecule has 0 saturated carbocycles. The third-order valence-electron chi connectivity index (χ3n) is 10.4. The van der Waals surface area contributed by atoms with E-state index in [-0.39, 0.29) is 0 Å². The molecular formula is C51H38N2. The molecule has 0 radical (unpaired) electrons. The molecule has 2 N–H and O–H groups in total. The number of aliphatic imine (C=N–C) groups is 1. The van der Waals surface area contributed by atoms with Gasteiger partial charge in [-0.05, 0) is 84.8 Å². The third kappa shape index (κ3) is 6.37. The van der Waals surface area contributed by atoms with Gasteiger partial charge in [-0.1, -0.05) is 194 Å². The largest absolute Gasteiger partial charge is 0.383 e. The highest BCUT2D eigenvalue weighted by molar-refractivity contribution is 6.18. The Balaban J connectivity index is 1.06. The molecule has 2 heteroatoms. The van der Waals surface area contributed by atoms with Crippen LogP contribution in [0.5, 0.6) is 0 Å². The molecular weight excluding hydrogens is 641 g/mol. The quantitative estimate of drug-likeness (QED) is 0.120. The zero-order valence-electron chi connectivity index (χ0n) is 29.4. The van der Waals surface area contributed by atoms with Crippen molar-refractivity contribution in [3.8, 4) is 44.5 Å². The predicted molar refractivity (Wildman–Crippen MR) is 224 cm³/mol. The number of allylic oxidation sites excluding steroid dienone is 1. The van der Waals surface area contributed by atoms with E-state index in [1.165, 1.54) is 60.8 Å². The van der Waals surface area contributed by atoms with Gasteiger partial charge in [-0.3, -0.25) is 0 Å². The van der Waals surface area contributed by atoms with E-state index in [1.54, 1.807) is 0 Å². The Morgan fingerprint density at radius 1 is 0.434 bits per heavy atom. The van der Waals surface area contributed by atoms with E-state index in [1.807, 2.05) is 6.07 Å². The van der Waals surface area contributed by atoms with Crippen molar-refractivity contribution in [1.29, 1.82) is 0 Å². The molecule has 53 heavy (non-hydrogen) atoms. The molecule has 0 aromatic heterocycles. The van der Waals surface area contributed by atoms with E-state index in [4.69, 9.17) is 10.7 Å². The Morgan fingerprint density at radius 2 is 0.962 bits per heavy atom. The van der Waals surface area contributed by atoms with Crippen molar-refractivity contribution in [2.75, 3.05) is 0 Å². The van der Waals surface area contributed by atoms with Gasteiger partial charge in [-0.25, -0.2) is 4.99 Å². The molecule has 8 aromatic carbocycles. The number of rotatable bonds is 9. The van der Waals surface area contributed by atoms with Gasteiger partial charge in [0.25, 0.3) is 0 Å². The minimum atomic E-state index is 0.495. The smallest absolute Gasteiger partial charge is 0.131 e. The van der Waals surface area contributed by atoms with Gasteiger partial charge in [-0.15, -0.1) is 0 Å². The first-order chi connectivity index (χ1) is 26.2. The number of hydrogen-bond donors (Lipinski definition) is 1. The van der Waals surface area contributed by atoms with Gasteiger partial charge >= 0.3 is 0 Å². The normalized spacial score (nSPS) is 12.2. The minimum Gasteiger partial charge on any atom is -0.383 e. The summed E-state index contributed by atoms with van der Waals surface area (Å²) in [6.45, 7) is 0. The summed E-state index contributed by atoms with van der Waals surface area (Å²) in [6.07, 6.45) is 3.82. The minimum absolute atomic E-state index is 0.495. The van der Waals surface area contributed by atoms with Crippen LogP contribution in [0.2, 0.25) is 0 Å². The Hall–Kier alpha value is -6.77. The molecule has 1 aliphatic rings. The Morgan fingerprint density at radius 3 is 1.66 bits per heavy atom. The average molecular weight is 679 g/mol. The van der Waals surface area contributed by atoms with Gasteiger partial charge in [0.1, 0.15) is 5.84 Å². The number of fused-ring (bicyclic) bond motifs is 3. The van der Waals surface area contributed by atoms with Gasteiger partial charge < -0.3 is 5.73 Å². The van der Waals surface area contributed by atoms with E-state index in [9.17, 15) is 0 Å². The molecule has 2 nitrogen and oxygen atoms in total. The standard InChI is InChI=1S/C51H38N2/c52-51(40-25-22-37(23-26-40)34-36-14-5-2-6-15-36)53-49(33-24-35-12-3-1-4-13-35)45-19-10-7-16-41(45)38-27-29-39(30-28-38)42-31-32-48-44-18-9-8-17-43(44)47-21-11-20-46(42)50(47)48/h1-23,25-33H,24,34H2,(H2,52,53)/b49-33-. The lowest BCUT2D eigenvalue weighted by Gasteiger charge is -2.14. The molecule has 0 bridgehead atoms. The topological polar surface area (TPSA) is 38.4 Å². The van der Waals surface area contributed by atoms with Crippen LogP contribution in [-0.4, -0.2) is 5.84 Å². The third-order valence-corrected chi connectivity index (χ3v) is 10.4.